The van der Waals surface area contributed by atoms with Gasteiger partial charge in [-0.15, -0.1) is 0 Å². The number of amides is 2. The van der Waals surface area contributed by atoms with Crippen LogP contribution in [0.15, 0.2) is 36.8 Å². The van der Waals surface area contributed by atoms with E-state index < -0.39 is 5.91 Å². The molecule has 3 aromatic rings. The molecule has 3 N–H and O–H groups in total. The molecule has 0 saturated heterocycles. The van der Waals surface area contributed by atoms with Crippen molar-refractivity contribution in [1.29, 1.82) is 0 Å². The number of hydrogen-bond acceptors (Lipinski definition) is 5. The predicted molar refractivity (Wildman–Crippen MR) is 113 cm³/mol. The molecule has 0 saturated carbocycles. The maximum absolute atomic E-state index is 12.7. The highest BCUT2D eigenvalue weighted by Gasteiger charge is 2.19. The molecule has 3 heterocycles. The molecule has 0 atom stereocenters. The molecule has 0 radical (unpaired) electrons. The lowest BCUT2D eigenvalue weighted by Gasteiger charge is -2.07. The van der Waals surface area contributed by atoms with Crippen LogP contribution in [0.1, 0.15) is 40.2 Å². The minimum Gasteiger partial charge on any atom is -0.351 e. The molecule has 0 spiro atoms. The fourth-order valence-corrected chi connectivity index (χ4v) is 3.13. The summed E-state index contributed by atoms with van der Waals surface area (Å²) in [5.41, 5.74) is 2.15. The summed E-state index contributed by atoms with van der Waals surface area (Å²) < 4.78 is 1.49. The highest BCUT2D eigenvalue weighted by molar-refractivity contribution is 9.09. The zero-order chi connectivity index (χ0) is 20.6. The van der Waals surface area contributed by atoms with E-state index in [2.05, 4.69) is 46.8 Å². The smallest absolute Gasteiger partial charge is 0.274 e. The van der Waals surface area contributed by atoms with Crippen molar-refractivity contribution in [3.05, 3.63) is 48.2 Å². The monoisotopic (exact) mass is 459 g/mol. The van der Waals surface area contributed by atoms with Crippen LogP contribution in [0.2, 0.25) is 0 Å². The summed E-state index contributed by atoms with van der Waals surface area (Å²) in [4.78, 5) is 29.5. The molecule has 152 valence electrons. The third-order valence-corrected chi connectivity index (χ3v) is 4.72. The van der Waals surface area contributed by atoms with Crippen molar-refractivity contribution in [3.63, 3.8) is 0 Å². The number of unbranched alkanes of at least 4 members (excludes halogenated alkanes) is 2. The Morgan fingerprint density at radius 1 is 1.21 bits per heavy atom. The molecule has 0 aliphatic heterocycles. The number of H-pyrrole nitrogens is 1. The Hall–Kier alpha value is -3.01. The molecule has 9 nitrogen and oxygen atoms in total. The number of pyridine rings is 1. The number of alkyl halides is 1. The van der Waals surface area contributed by atoms with Crippen molar-refractivity contribution in [2.45, 2.75) is 19.3 Å². The molecular formula is C19H22BrN7O2. The van der Waals surface area contributed by atoms with Gasteiger partial charge in [-0.3, -0.25) is 19.4 Å². The Morgan fingerprint density at radius 2 is 2.07 bits per heavy atom. The van der Waals surface area contributed by atoms with E-state index in [0.29, 0.717) is 17.9 Å². The van der Waals surface area contributed by atoms with E-state index in [1.54, 1.807) is 43.8 Å². The standard InChI is InChI=1S/C19H22BrN7O2/c1-27-12-16(17(26-27)19(29)21-9-4-2-3-8-20)25-18(28)15-7-5-6-14(24-15)13-10-22-23-11-13/h5-7,10-12H,2-4,8-9H2,1H3,(H,21,29)(H,22,23)(H,25,28). The van der Waals surface area contributed by atoms with E-state index in [4.69, 9.17) is 0 Å². The van der Waals surface area contributed by atoms with Crippen LogP contribution in [0.5, 0.6) is 0 Å². The summed E-state index contributed by atoms with van der Waals surface area (Å²) in [7, 11) is 1.69. The van der Waals surface area contributed by atoms with Crippen LogP contribution in [0.4, 0.5) is 5.69 Å². The van der Waals surface area contributed by atoms with E-state index in [-0.39, 0.29) is 17.3 Å². The van der Waals surface area contributed by atoms with Crippen molar-refractivity contribution in [2.24, 2.45) is 7.05 Å². The van der Waals surface area contributed by atoms with Crippen LogP contribution < -0.4 is 10.6 Å². The van der Waals surface area contributed by atoms with Gasteiger partial charge in [0.1, 0.15) is 5.69 Å². The van der Waals surface area contributed by atoms with Gasteiger partial charge in [0.05, 0.1) is 17.6 Å². The Labute approximate surface area is 176 Å². The molecule has 0 aliphatic rings. The second-order valence-corrected chi connectivity index (χ2v) is 7.21. The van der Waals surface area contributed by atoms with E-state index in [9.17, 15) is 9.59 Å². The lowest BCUT2D eigenvalue weighted by atomic mass is 10.2. The van der Waals surface area contributed by atoms with Crippen molar-refractivity contribution in [1.82, 2.24) is 30.3 Å². The molecule has 2 amide bonds. The van der Waals surface area contributed by atoms with Crippen LogP contribution in [-0.2, 0) is 7.05 Å². The Balaban J connectivity index is 1.68. The third-order valence-electron chi connectivity index (χ3n) is 4.16. The zero-order valence-electron chi connectivity index (χ0n) is 16.0. The minimum atomic E-state index is -0.422. The summed E-state index contributed by atoms with van der Waals surface area (Å²) in [6.07, 6.45) is 7.90. The average molecular weight is 460 g/mol. The normalized spacial score (nSPS) is 10.7. The molecule has 29 heavy (non-hydrogen) atoms. The molecular weight excluding hydrogens is 438 g/mol. The van der Waals surface area contributed by atoms with E-state index >= 15 is 0 Å². The topological polar surface area (TPSA) is 118 Å². The first kappa shape index (κ1) is 20.7. The average Bonchev–Trinajstić information content (AvgIpc) is 3.38. The fourth-order valence-electron chi connectivity index (χ4n) is 2.73. The number of carbonyl (C=O) groups is 2. The predicted octanol–water partition coefficient (Wildman–Crippen LogP) is 2.75. The number of aryl methyl sites for hydroxylation is 1. The van der Waals surface area contributed by atoms with Gasteiger partial charge in [0, 0.05) is 36.9 Å². The first-order valence-electron chi connectivity index (χ1n) is 9.24. The largest absolute Gasteiger partial charge is 0.351 e. The van der Waals surface area contributed by atoms with Gasteiger partial charge in [-0.05, 0) is 25.0 Å². The van der Waals surface area contributed by atoms with Gasteiger partial charge in [0.15, 0.2) is 5.69 Å². The number of rotatable bonds is 9. The first-order valence-corrected chi connectivity index (χ1v) is 10.4. The fraction of sp³-hybridized carbons (Fsp3) is 0.316. The molecule has 3 rings (SSSR count). The second kappa shape index (κ2) is 9.97. The Morgan fingerprint density at radius 3 is 2.83 bits per heavy atom. The SMILES string of the molecule is Cn1cc(NC(=O)c2cccc(-c3cn[nH]c3)n2)c(C(=O)NCCCCCBr)n1. The number of nitrogens with one attached hydrogen (secondary N) is 3. The zero-order valence-corrected chi connectivity index (χ0v) is 17.6. The maximum atomic E-state index is 12.7. The number of hydrogen-bond donors (Lipinski definition) is 3. The van der Waals surface area contributed by atoms with Crippen molar-refractivity contribution >= 4 is 33.4 Å². The van der Waals surface area contributed by atoms with Gasteiger partial charge < -0.3 is 10.6 Å². The molecule has 0 aromatic carbocycles. The van der Waals surface area contributed by atoms with Crippen LogP contribution in [0.25, 0.3) is 11.3 Å². The highest BCUT2D eigenvalue weighted by Crippen LogP contribution is 2.17. The number of anilines is 1. The molecule has 3 aromatic heterocycles. The summed E-state index contributed by atoms with van der Waals surface area (Å²) in [5, 5.41) is 17.3. The van der Waals surface area contributed by atoms with E-state index in [0.717, 1.165) is 30.2 Å². The van der Waals surface area contributed by atoms with Crippen LogP contribution >= 0.6 is 15.9 Å². The third kappa shape index (κ3) is 5.50. The summed E-state index contributed by atoms with van der Waals surface area (Å²) >= 11 is 3.39. The molecule has 10 heteroatoms. The number of aromatic amines is 1. The van der Waals surface area contributed by atoms with E-state index in [1.807, 2.05) is 0 Å². The van der Waals surface area contributed by atoms with Crippen LogP contribution in [-0.4, -0.2) is 48.7 Å². The number of nitrogens with zero attached hydrogens (tertiary/aromatic N) is 4. The van der Waals surface area contributed by atoms with Crippen LogP contribution in [0.3, 0.4) is 0 Å². The highest BCUT2D eigenvalue weighted by atomic mass is 79.9. The second-order valence-electron chi connectivity index (χ2n) is 6.42. The quantitative estimate of drug-likeness (QED) is 0.335. The summed E-state index contributed by atoms with van der Waals surface area (Å²) in [5.74, 6) is -0.741. The van der Waals surface area contributed by atoms with Gasteiger partial charge in [-0.1, -0.05) is 28.4 Å². The lowest BCUT2D eigenvalue weighted by molar-refractivity contribution is 0.0948. The summed E-state index contributed by atoms with van der Waals surface area (Å²) in [6, 6.07) is 5.15. The first-order chi connectivity index (χ1) is 14.1. The minimum absolute atomic E-state index is 0.173. The Bertz CT molecular complexity index is 969. The van der Waals surface area contributed by atoms with Crippen molar-refractivity contribution in [2.75, 3.05) is 17.2 Å². The van der Waals surface area contributed by atoms with Gasteiger partial charge in [-0.25, -0.2) is 4.98 Å². The van der Waals surface area contributed by atoms with Crippen molar-refractivity contribution in [3.8, 4) is 11.3 Å². The number of aromatic nitrogens is 5. The van der Waals surface area contributed by atoms with Gasteiger partial charge in [0.25, 0.3) is 11.8 Å². The Kier molecular flexibility index (Phi) is 7.12. The van der Waals surface area contributed by atoms with Gasteiger partial charge in [0.2, 0.25) is 0 Å². The molecule has 0 fully saturated rings. The number of halogens is 1. The molecule has 0 unspecified atom stereocenters. The van der Waals surface area contributed by atoms with Crippen molar-refractivity contribution < 1.29 is 9.59 Å². The number of carbonyl (C=O) groups excluding carboxylic acids is 2. The maximum Gasteiger partial charge on any atom is 0.274 e. The summed E-state index contributed by atoms with van der Waals surface area (Å²) in [6.45, 7) is 0.560. The van der Waals surface area contributed by atoms with Gasteiger partial charge in [-0.2, -0.15) is 10.2 Å². The van der Waals surface area contributed by atoms with Crippen LogP contribution in [0, 0.1) is 0 Å². The van der Waals surface area contributed by atoms with Gasteiger partial charge >= 0.3 is 0 Å². The van der Waals surface area contributed by atoms with E-state index in [1.165, 1.54) is 4.68 Å². The molecule has 0 bridgehead atoms. The molecule has 0 aliphatic carbocycles. The lowest BCUT2D eigenvalue weighted by Crippen LogP contribution is -2.26.